The zero-order valence-corrected chi connectivity index (χ0v) is 10.3. The van der Waals surface area contributed by atoms with E-state index in [2.05, 4.69) is 20.3 Å². The van der Waals surface area contributed by atoms with Crippen LogP contribution in [0.15, 0.2) is 22.8 Å². The molecular weight excluding hydrogens is 250 g/mol. The Morgan fingerprint density at radius 3 is 3.00 bits per heavy atom. The van der Waals surface area contributed by atoms with Crippen molar-refractivity contribution in [2.75, 3.05) is 11.9 Å². The molecule has 6 heteroatoms. The highest BCUT2D eigenvalue weighted by Gasteiger charge is 2.28. The highest BCUT2D eigenvalue weighted by molar-refractivity contribution is 6.33. The second kappa shape index (κ2) is 4.39. The van der Waals surface area contributed by atoms with Gasteiger partial charge in [0.2, 0.25) is 5.82 Å². The van der Waals surface area contributed by atoms with Gasteiger partial charge >= 0.3 is 0 Å². The fourth-order valence-corrected chi connectivity index (χ4v) is 1.99. The zero-order chi connectivity index (χ0) is 12.5. The van der Waals surface area contributed by atoms with Crippen LogP contribution in [-0.2, 0) is 0 Å². The summed E-state index contributed by atoms with van der Waals surface area (Å²) in [7, 11) is 0. The van der Waals surface area contributed by atoms with Crippen LogP contribution >= 0.6 is 11.6 Å². The van der Waals surface area contributed by atoms with Crippen LogP contribution in [0.5, 0.6) is 0 Å². The molecular formula is C12H10ClN5. The van der Waals surface area contributed by atoms with Gasteiger partial charge in [0.25, 0.3) is 0 Å². The van der Waals surface area contributed by atoms with Gasteiger partial charge in [-0.05, 0) is 30.4 Å². The van der Waals surface area contributed by atoms with Crippen LogP contribution in [0, 0.1) is 17.2 Å². The highest BCUT2D eigenvalue weighted by Crippen LogP contribution is 2.37. The average Bonchev–Trinajstić information content (AvgIpc) is 3.13. The summed E-state index contributed by atoms with van der Waals surface area (Å²) in [5, 5.41) is 12.2. The Hall–Kier alpha value is -1.93. The van der Waals surface area contributed by atoms with Crippen molar-refractivity contribution in [1.82, 2.24) is 9.97 Å². The monoisotopic (exact) mass is 259 g/mol. The summed E-state index contributed by atoms with van der Waals surface area (Å²) in [5.41, 5.74) is 1.36. The van der Waals surface area contributed by atoms with E-state index in [1.165, 1.54) is 24.6 Å². The van der Waals surface area contributed by atoms with Crippen LogP contribution in [0.1, 0.15) is 18.7 Å². The lowest BCUT2D eigenvalue weighted by Crippen LogP contribution is -2.10. The topological polar surface area (TPSA) is 74.0 Å². The molecule has 0 bridgehead atoms. The Morgan fingerprint density at radius 2 is 2.28 bits per heavy atom. The normalized spacial score (nSPS) is 18.0. The van der Waals surface area contributed by atoms with Crippen LogP contribution in [0.2, 0.25) is 5.02 Å². The summed E-state index contributed by atoms with van der Waals surface area (Å²) >= 11 is 5.97. The molecule has 18 heavy (non-hydrogen) atoms. The first-order chi connectivity index (χ1) is 8.76. The van der Waals surface area contributed by atoms with Crippen molar-refractivity contribution < 1.29 is 0 Å². The molecule has 1 saturated carbocycles. The Labute approximate surface area is 109 Å². The van der Waals surface area contributed by atoms with Crippen molar-refractivity contribution in [3.63, 3.8) is 0 Å². The lowest BCUT2D eigenvalue weighted by molar-refractivity contribution is 0.959. The number of amidine groups is 1. The molecule has 0 radical (unpaired) electrons. The van der Waals surface area contributed by atoms with Crippen molar-refractivity contribution >= 4 is 23.3 Å². The number of nitrogens with one attached hydrogen (secondary N) is 1. The van der Waals surface area contributed by atoms with Crippen LogP contribution in [0.3, 0.4) is 0 Å². The second-order valence-electron chi connectivity index (χ2n) is 4.32. The predicted octanol–water partition coefficient (Wildman–Crippen LogP) is 2.16. The lowest BCUT2D eigenvalue weighted by atomic mass is 10.2. The molecule has 1 aromatic heterocycles. The third kappa shape index (κ3) is 2.20. The van der Waals surface area contributed by atoms with E-state index in [1.807, 2.05) is 12.1 Å². The summed E-state index contributed by atoms with van der Waals surface area (Å²) in [6.07, 6.45) is 5.99. The van der Waals surface area contributed by atoms with Gasteiger partial charge in [-0.2, -0.15) is 10.2 Å². The van der Waals surface area contributed by atoms with Crippen LogP contribution in [0.4, 0.5) is 5.82 Å². The molecule has 3 rings (SSSR count). The number of anilines is 1. The Kier molecular flexibility index (Phi) is 2.73. The predicted molar refractivity (Wildman–Crippen MR) is 68.5 cm³/mol. The third-order valence-corrected chi connectivity index (χ3v) is 3.22. The maximum atomic E-state index is 8.75. The first kappa shape index (κ1) is 11.2. The fourth-order valence-electron chi connectivity index (χ4n) is 1.85. The summed E-state index contributed by atoms with van der Waals surface area (Å²) in [6.45, 7) is 0.751. The van der Waals surface area contributed by atoms with E-state index in [0.29, 0.717) is 16.8 Å². The summed E-state index contributed by atoms with van der Waals surface area (Å²) in [5.74, 6) is 1.98. The van der Waals surface area contributed by atoms with E-state index in [1.54, 1.807) is 0 Å². The number of nitriles is 1. The van der Waals surface area contributed by atoms with Gasteiger partial charge < -0.3 is 5.32 Å². The van der Waals surface area contributed by atoms with Gasteiger partial charge in [-0.3, -0.25) is 4.99 Å². The minimum atomic E-state index is 0.0897. The van der Waals surface area contributed by atoms with Crippen molar-refractivity contribution in [1.29, 1.82) is 5.26 Å². The minimum Gasteiger partial charge on any atom is -0.324 e. The molecule has 0 unspecified atom stereocenters. The molecule has 90 valence electrons. The van der Waals surface area contributed by atoms with E-state index in [-0.39, 0.29) is 5.82 Å². The van der Waals surface area contributed by atoms with Crippen molar-refractivity contribution in [3.8, 4) is 6.07 Å². The molecule has 0 aromatic carbocycles. The Bertz CT molecular complexity index is 595. The van der Waals surface area contributed by atoms with Crippen molar-refractivity contribution in [3.05, 3.63) is 28.7 Å². The molecule has 2 aliphatic rings. The molecule has 1 fully saturated rings. The number of hydrogen-bond acceptors (Lipinski definition) is 5. The van der Waals surface area contributed by atoms with Crippen molar-refractivity contribution in [2.45, 2.75) is 12.8 Å². The molecule has 5 nitrogen and oxygen atoms in total. The molecule has 1 aliphatic heterocycles. The zero-order valence-electron chi connectivity index (χ0n) is 9.52. The first-order valence-electron chi connectivity index (χ1n) is 5.71. The second-order valence-corrected chi connectivity index (χ2v) is 4.73. The number of rotatable bonds is 2. The summed E-state index contributed by atoms with van der Waals surface area (Å²) in [4.78, 5) is 12.2. The number of aromatic nitrogens is 2. The van der Waals surface area contributed by atoms with Gasteiger partial charge in [0.05, 0.1) is 12.7 Å². The third-order valence-electron chi connectivity index (χ3n) is 2.95. The largest absolute Gasteiger partial charge is 0.324 e. The molecule has 2 heterocycles. The van der Waals surface area contributed by atoms with Gasteiger partial charge in [0, 0.05) is 0 Å². The smallest absolute Gasteiger partial charge is 0.234 e. The fraction of sp³-hybridized carbons (Fsp3) is 0.333. The van der Waals surface area contributed by atoms with E-state index >= 15 is 0 Å². The van der Waals surface area contributed by atoms with Gasteiger partial charge in [0.15, 0.2) is 5.82 Å². The average molecular weight is 260 g/mol. The van der Waals surface area contributed by atoms with Crippen molar-refractivity contribution in [2.24, 2.45) is 10.9 Å². The van der Waals surface area contributed by atoms with Gasteiger partial charge in [0.1, 0.15) is 16.9 Å². The summed E-state index contributed by atoms with van der Waals surface area (Å²) < 4.78 is 0. The molecule has 1 aromatic rings. The standard InChI is InChI=1S/C12H10ClN5/c13-9-6-16-11(4-14)18-12(9)17-10-3-8(5-15-10)7-1-2-7/h3,6-7H,1-2,5H2,(H,15,16,17,18). The Balaban J connectivity index is 1.79. The van der Waals surface area contributed by atoms with E-state index in [4.69, 9.17) is 16.9 Å². The van der Waals surface area contributed by atoms with Gasteiger partial charge in [-0.25, -0.2) is 4.98 Å². The van der Waals surface area contributed by atoms with E-state index in [0.717, 1.165) is 12.4 Å². The maximum Gasteiger partial charge on any atom is 0.234 e. The van der Waals surface area contributed by atoms with Gasteiger partial charge in [-0.15, -0.1) is 0 Å². The summed E-state index contributed by atoms with van der Waals surface area (Å²) in [6, 6.07) is 1.88. The minimum absolute atomic E-state index is 0.0897. The molecule has 1 aliphatic carbocycles. The highest BCUT2D eigenvalue weighted by atomic mass is 35.5. The molecule has 0 atom stereocenters. The number of halogens is 1. The Morgan fingerprint density at radius 1 is 1.44 bits per heavy atom. The van der Waals surface area contributed by atoms with Crippen LogP contribution < -0.4 is 5.32 Å². The van der Waals surface area contributed by atoms with E-state index in [9.17, 15) is 0 Å². The van der Waals surface area contributed by atoms with E-state index < -0.39 is 0 Å². The number of nitrogens with zero attached hydrogens (tertiary/aromatic N) is 4. The quantitative estimate of drug-likeness (QED) is 0.883. The number of hydrogen-bond donors (Lipinski definition) is 1. The first-order valence-corrected chi connectivity index (χ1v) is 6.08. The molecule has 1 N–H and O–H groups in total. The SMILES string of the molecule is N#Cc1ncc(Cl)c(NC2=NCC(C3CC3)=C2)n1. The van der Waals surface area contributed by atoms with Gasteiger partial charge in [-0.1, -0.05) is 11.6 Å². The molecule has 0 spiro atoms. The molecule has 0 amide bonds. The molecule has 0 saturated heterocycles. The number of aliphatic imine (C=N–C) groups is 1. The van der Waals surface area contributed by atoms with Crippen LogP contribution in [0.25, 0.3) is 0 Å². The van der Waals surface area contributed by atoms with Crippen LogP contribution in [-0.4, -0.2) is 22.3 Å². The maximum absolute atomic E-state index is 8.75. The lowest BCUT2D eigenvalue weighted by Gasteiger charge is -2.04.